The van der Waals surface area contributed by atoms with Crippen LogP contribution in [0.4, 0.5) is 0 Å². The molecule has 1 aromatic heterocycles. The number of carbonyl (C=O) groups excluding carboxylic acids is 1. The van der Waals surface area contributed by atoms with Gasteiger partial charge >= 0.3 is 0 Å². The van der Waals surface area contributed by atoms with E-state index in [1.165, 1.54) is 19.3 Å². The number of aliphatic hydroxyl groups excluding tert-OH is 1. The van der Waals surface area contributed by atoms with E-state index in [4.69, 9.17) is 0 Å². The van der Waals surface area contributed by atoms with Gasteiger partial charge in [-0.1, -0.05) is 0 Å². The van der Waals surface area contributed by atoms with E-state index in [0.29, 0.717) is 18.3 Å². The monoisotopic (exact) mass is 277 g/mol. The zero-order valence-corrected chi connectivity index (χ0v) is 11.7. The third-order valence-corrected chi connectivity index (χ3v) is 5.01. The van der Waals surface area contributed by atoms with Gasteiger partial charge in [0.15, 0.2) is 0 Å². The maximum absolute atomic E-state index is 12.0. The second kappa shape index (κ2) is 5.95. The van der Waals surface area contributed by atoms with E-state index in [-0.39, 0.29) is 24.5 Å². The predicted molar refractivity (Wildman–Crippen MR) is 74.8 cm³/mol. The number of fused-ring (bicyclic) bond motifs is 2. The summed E-state index contributed by atoms with van der Waals surface area (Å²) in [6.45, 7) is 1.04. The highest BCUT2D eigenvalue weighted by Gasteiger charge is 2.47. The van der Waals surface area contributed by atoms with Crippen LogP contribution in [0.1, 0.15) is 32.1 Å². The molecule has 3 rings (SSSR count). The lowest BCUT2D eigenvalue weighted by atomic mass is 9.85. The van der Waals surface area contributed by atoms with Crippen molar-refractivity contribution >= 4 is 5.91 Å². The lowest BCUT2D eigenvalue weighted by molar-refractivity contribution is -0.122. The van der Waals surface area contributed by atoms with Crippen molar-refractivity contribution in [1.29, 1.82) is 0 Å². The molecule has 0 aromatic carbocycles. The molecule has 2 bridgehead atoms. The van der Waals surface area contributed by atoms with Crippen molar-refractivity contribution in [3.05, 3.63) is 18.7 Å². The molecule has 2 aliphatic rings. The van der Waals surface area contributed by atoms with Gasteiger partial charge in [-0.05, 0) is 37.5 Å². The number of aliphatic hydroxyl groups is 1. The molecule has 20 heavy (non-hydrogen) atoms. The number of aryl methyl sites for hydroxylation is 1. The van der Waals surface area contributed by atoms with Crippen LogP contribution in [0.5, 0.6) is 0 Å². The Bertz CT molecular complexity index is 446. The summed E-state index contributed by atoms with van der Waals surface area (Å²) in [6, 6.07) is 0.208. The molecule has 0 aliphatic heterocycles. The fourth-order valence-electron chi connectivity index (χ4n) is 4.00. The van der Waals surface area contributed by atoms with Crippen molar-refractivity contribution in [2.45, 2.75) is 44.7 Å². The number of rotatable bonds is 6. The number of aromatic nitrogens is 2. The Balaban J connectivity index is 1.44. The lowest BCUT2D eigenvalue weighted by Gasteiger charge is -2.30. The summed E-state index contributed by atoms with van der Waals surface area (Å²) < 4.78 is 1.99. The molecule has 1 amide bonds. The molecule has 2 saturated carbocycles. The average Bonchev–Trinajstić information content (AvgIpc) is 3.15. The van der Waals surface area contributed by atoms with Crippen LogP contribution in [0.15, 0.2) is 18.7 Å². The van der Waals surface area contributed by atoms with Crippen molar-refractivity contribution in [3.63, 3.8) is 0 Å². The number of hydrogen-bond donors (Lipinski definition) is 2. The number of nitrogens with zero attached hydrogens (tertiary/aromatic N) is 2. The van der Waals surface area contributed by atoms with Crippen LogP contribution in [0.2, 0.25) is 0 Å². The molecule has 110 valence electrons. The molecule has 1 heterocycles. The van der Waals surface area contributed by atoms with E-state index in [0.717, 1.165) is 13.0 Å². The third kappa shape index (κ3) is 2.73. The first-order valence-corrected chi connectivity index (χ1v) is 7.64. The molecule has 0 radical (unpaired) electrons. The van der Waals surface area contributed by atoms with E-state index in [1.807, 2.05) is 10.8 Å². The van der Waals surface area contributed by atoms with Gasteiger partial charge in [-0.15, -0.1) is 0 Å². The Kier molecular flexibility index (Phi) is 4.05. The second-order valence-corrected chi connectivity index (χ2v) is 6.18. The first-order chi connectivity index (χ1) is 9.78. The number of imidazole rings is 1. The molecule has 2 fully saturated rings. The van der Waals surface area contributed by atoms with E-state index < -0.39 is 0 Å². The zero-order chi connectivity index (χ0) is 13.9. The van der Waals surface area contributed by atoms with Gasteiger partial charge in [0, 0.05) is 43.9 Å². The molecule has 2 aliphatic carbocycles. The van der Waals surface area contributed by atoms with Gasteiger partial charge in [-0.2, -0.15) is 0 Å². The summed E-state index contributed by atoms with van der Waals surface area (Å²) in [5.41, 5.74) is 0. The summed E-state index contributed by atoms with van der Waals surface area (Å²) in [5, 5.41) is 12.7. The molecule has 2 N–H and O–H groups in total. The van der Waals surface area contributed by atoms with Crippen LogP contribution >= 0.6 is 0 Å². The second-order valence-electron chi connectivity index (χ2n) is 6.18. The molecule has 1 aromatic rings. The Morgan fingerprint density at radius 1 is 1.40 bits per heavy atom. The highest BCUT2D eigenvalue weighted by Crippen LogP contribution is 2.48. The van der Waals surface area contributed by atoms with Crippen molar-refractivity contribution < 1.29 is 9.90 Å². The minimum absolute atomic E-state index is 0.126. The van der Waals surface area contributed by atoms with Gasteiger partial charge in [0.1, 0.15) is 0 Å². The van der Waals surface area contributed by atoms with E-state index in [9.17, 15) is 9.90 Å². The summed E-state index contributed by atoms with van der Waals surface area (Å²) in [7, 11) is 0. The third-order valence-electron chi connectivity index (χ3n) is 5.01. The number of carbonyl (C=O) groups is 1. The quantitative estimate of drug-likeness (QED) is 0.820. The van der Waals surface area contributed by atoms with E-state index >= 15 is 0 Å². The van der Waals surface area contributed by atoms with E-state index in [1.54, 1.807) is 12.5 Å². The Morgan fingerprint density at radius 2 is 2.25 bits per heavy atom. The van der Waals surface area contributed by atoms with Crippen LogP contribution < -0.4 is 5.32 Å². The molecule has 0 spiro atoms. The number of amides is 1. The number of hydrogen-bond acceptors (Lipinski definition) is 3. The number of nitrogens with one attached hydrogen (secondary N) is 1. The maximum Gasteiger partial charge on any atom is 0.220 e. The average molecular weight is 277 g/mol. The highest BCUT2D eigenvalue weighted by molar-refractivity contribution is 5.76. The fourth-order valence-corrected chi connectivity index (χ4v) is 4.00. The standard InChI is InChI=1S/C15H23N3O2/c19-9-13-11-3-4-12(8-11)15(13)17-14(20)2-1-6-18-7-5-16-10-18/h5,7,10-13,15,19H,1-4,6,8-9H2,(H,17,20). The van der Waals surface area contributed by atoms with Gasteiger partial charge < -0.3 is 15.0 Å². The molecule has 4 atom stereocenters. The lowest BCUT2D eigenvalue weighted by Crippen LogP contribution is -2.45. The first kappa shape index (κ1) is 13.6. The largest absolute Gasteiger partial charge is 0.396 e. The zero-order valence-electron chi connectivity index (χ0n) is 11.7. The Hall–Kier alpha value is -1.36. The summed E-state index contributed by atoms with van der Waals surface area (Å²) >= 11 is 0. The molecule has 5 nitrogen and oxygen atoms in total. The van der Waals surface area contributed by atoms with Gasteiger partial charge in [0.25, 0.3) is 0 Å². The predicted octanol–water partition coefficient (Wildman–Crippen LogP) is 1.19. The molecule has 0 saturated heterocycles. The normalized spacial score (nSPS) is 31.6. The molecule has 5 heteroatoms. The summed E-state index contributed by atoms with van der Waals surface area (Å²) in [6.07, 6.45) is 10.4. The van der Waals surface area contributed by atoms with Crippen molar-refractivity contribution in [3.8, 4) is 0 Å². The molecular formula is C15H23N3O2. The van der Waals surface area contributed by atoms with Crippen molar-refractivity contribution in [2.75, 3.05) is 6.61 Å². The van der Waals surface area contributed by atoms with Crippen LogP contribution in [0, 0.1) is 17.8 Å². The Morgan fingerprint density at radius 3 is 3.00 bits per heavy atom. The smallest absolute Gasteiger partial charge is 0.220 e. The van der Waals surface area contributed by atoms with Gasteiger partial charge in [-0.3, -0.25) is 4.79 Å². The summed E-state index contributed by atoms with van der Waals surface area (Å²) in [5.74, 6) is 1.63. The SMILES string of the molecule is O=C(CCCn1ccnc1)NC1C2CCC(C2)C1CO. The Labute approximate surface area is 119 Å². The first-order valence-electron chi connectivity index (χ1n) is 7.64. The molecule has 4 unspecified atom stereocenters. The topological polar surface area (TPSA) is 67.2 Å². The van der Waals surface area contributed by atoms with Crippen LogP contribution in [-0.2, 0) is 11.3 Å². The summed E-state index contributed by atoms with van der Waals surface area (Å²) in [4.78, 5) is 16.0. The van der Waals surface area contributed by atoms with Crippen molar-refractivity contribution in [1.82, 2.24) is 14.9 Å². The minimum atomic E-state index is 0.126. The van der Waals surface area contributed by atoms with Gasteiger partial charge in [0.2, 0.25) is 5.91 Å². The van der Waals surface area contributed by atoms with E-state index in [2.05, 4.69) is 10.3 Å². The fraction of sp³-hybridized carbons (Fsp3) is 0.733. The van der Waals surface area contributed by atoms with Crippen molar-refractivity contribution in [2.24, 2.45) is 17.8 Å². The highest BCUT2D eigenvalue weighted by atomic mass is 16.3. The van der Waals surface area contributed by atoms with Crippen LogP contribution in [-0.4, -0.2) is 33.2 Å². The van der Waals surface area contributed by atoms with Gasteiger partial charge in [-0.25, -0.2) is 4.98 Å². The van der Waals surface area contributed by atoms with Crippen LogP contribution in [0.3, 0.4) is 0 Å². The van der Waals surface area contributed by atoms with Crippen LogP contribution in [0.25, 0.3) is 0 Å². The van der Waals surface area contributed by atoms with Gasteiger partial charge in [0.05, 0.1) is 6.33 Å². The minimum Gasteiger partial charge on any atom is -0.396 e. The molecular weight excluding hydrogens is 254 g/mol. The maximum atomic E-state index is 12.0.